The summed E-state index contributed by atoms with van der Waals surface area (Å²) in [5, 5.41) is 7.28. The van der Waals surface area contributed by atoms with Gasteiger partial charge in [-0.15, -0.1) is 10.2 Å². The molecule has 1 aromatic heterocycles. The molecule has 12 heavy (non-hydrogen) atoms. The van der Waals surface area contributed by atoms with Crippen LogP contribution in [0.5, 0.6) is 0 Å². The Labute approximate surface area is 69.4 Å². The molecule has 2 rings (SSSR count). The maximum Gasteiger partial charge on any atom is 0.186 e. The van der Waals surface area contributed by atoms with Crippen molar-refractivity contribution in [2.75, 3.05) is 6.61 Å². The van der Waals surface area contributed by atoms with Crippen LogP contribution in [0.2, 0.25) is 0 Å². The number of ether oxygens (including phenoxy) is 1. The summed E-state index contributed by atoms with van der Waals surface area (Å²) in [7, 11) is 1.72. The van der Waals surface area contributed by atoms with Crippen molar-refractivity contribution >= 4 is 0 Å². The fourth-order valence-corrected chi connectivity index (χ4v) is 1.19. The molecule has 1 fully saturated rings. The van der Waals surface area contributed by atoms with Crippen LogP contribution in [-0.2, 0) is 11.8 Å². The molecule has 0 aliphatic carbocycles. The highest BCUT2D eigenvalue weighted by molar-refractivity contribution is 4.95. The van der Waals surface area contributed by atoms with E-state index in [2.05, 4.69) is 10.2 Å². The van der Waals surface area contributed by atoms with Gasteiger partial charge in [0, 0.05) is 20.1 Å². The van der Waals surface area contributed by atoms with Gasteiger partial charge in [-0.25, -0.2) is 4.39 Å². The van der Waals surface area contributed by atoms with Crippen LogP contribution in [0.4, 0.5) is 4.39 Å². The van der Waals surface area contributed by atoms with Crippen molar-refractivity contribution in [3.8, 4) is 0 Å². The zero-order valence-electron chi connectivity index (χ0n) is 6.77. The first kappa shape index (κ1) is 7.67. The average molecular weight is 171 g/mol. The number of rotatable bonds is 2. The zero-order valence-corrected chi connectivity index (χ0v) is 6.77. The highest BCUT2D eigenvalue weighted by Crippen LogP contribution is 2.28. The second kappa shape index (κ2) is 2.82. The Morgan fingerprint density at radius 2 is 2.58 bits per heavy atom. The van der Waals surface area contributed by atoms with E-state index in [4.69, 9.17) is 4.74 Å². The van der Waals surface area contributed by atoms with Crippen molar-refractivity contribution in [2.45, 2.75) is 18.7 Å². The van der Waals surface area contributed by atoms with Crippen molar-refractivity contribution < 1.29 is 9.13 Å². The SMILES string of the molecule is Cn1cnnc1[C@@H](F)[C@@H]1CCO1. The second-order valence-electron chi connectivity index (χ2n) is 2.90. The van der Waals surface area contributed by atoms with Crippen molar-refractivity contribution in [3.63, 3.8) is 0 Å². The Morgan fingerprint density at radius 3 is 3.00 bits per heavy atom. The molecule has 0 aromatic carbocycles. The van der Waals surface area contributed by atoms with Crippen molar-refractivity contribution in [1.82, 2.24) is 14.8 Å². The fraction of sp³-hybridized carbons (Fsp3) is 0.714. The minimum Gasteiger partial charge on any atom is -0.375 e. The average Bonchev–Trinajstić information content (AvgIpc) is 2.31. The van der Waals surface area contributed by atoms with Gasteiger partial charge in [0.15, 0.2) is 12.0 Å². The first-order chi connectivity index (χ1) is 5.79. The van der Waals surface area contributed by atoms with Gasteiger partial charge in [0.25, 0.3) is 0 Å². The largest absolute Gasteiger partial charge is 0.375 e. The molecule has 0 saturated carbocycles. The smallest absolute Gasteiger partial charge is 0.186 e. The Morgan fingerprint density at radius 1 is 1.83 bits per heavy atom. The van der Waals surface area contributed by atoms with E-state index in [1.807, 2.05) is 0 Å². The summed E-state index contributed by atoms with van der Waals surface area (Å²) in [6.45, 7) is 0.656. The maximum atomic E-state index is 13.4. The van der Waals surface area contributed by atoms with Crippen LogP contribution in [0, 0.1) is 0 Å². The van der Waals surface area contributed by atoms with E-state index >= 15 is 0 Å². The highest BCUT2D eigenvalue weighted by atomic mass is 19.1. The van der Waals surface area contributed by atoms with Gasteiger partial charge in [-0.2, -0.15) is 0 Å². The Balaban J connectivity index is 2.13. The molecule has 4 nitrogen and oxygen atoms in total. The normalized spacial score (nSPS) is 25.0. The molecule has 1 aromatic rings. The van der Waals surface area contributed by atoms with Gasteiger partial charge in [-0.1, -0.05) is 0 Å². The molecule has 0 N–H and O–H groups in total. The summed E-state index contributed by atoms with van der Waals surface area (Å²) in [6.07, 6.45) is 0.813. The predicted octanol–water partition coefficient (Wildman–Crippen LogP) is 0.615. The fourth-order valence-electron chi connectivity index (χ4n) is 1.19. The van der Waals surface area contributed by atoms with Gasteiger partial charge in [0.2, 0.25) is 0 Å². The summed E-state index contributed by atoms with van der Waals surface area (Å²) in [5.41, 5.74) is 0. The summed E-state index contributed by atoms with van der Waals surface area (Å²) < 4.78 is 20.0. The lowest BCUT2D eigenvalue weighted by Crippen LogP contribution is -2.32. The molecule has 1 saturated heterocycles. The molecule has 0 bridgehead atoms. The third-order valence-electron chi connectivity index (χ3n) is 2.05. The quantitative estimate of drug-likeness (QED) is 0.654. The molecule has 66 valence electrons. The van der Waals surface area contributed by atoms with E-state index in [1.165, 1.54) is 6.33 Å². The Bertz CT molecular complexity index is 271. The number of halogens is 1. The Hall–Kier alpha value is -0.970. The molecule has 2 atom stereocenters. The lowest BCUT2D eigenvalue weighted by Gasteiger charge is -2.28. The van der Waals surface area contributed by atoms with Crippen LogP contribution in [-0.4, -0.2) is 27.5 Å². The third kappa shape index (κ3) is 1.10. The predicted molar refractivity (Wildman–Crippen MR) is 39.2 cm³/mol. The lowest BCUT2D eigenvalue weighted by atomic mass is 10.1. The number of alkyl halides is 1. The van der Waals surface area contributed by atoms with Gasteiger partial charge < -0.3 is 9.30 Å². The van der Waals surface area contributed by atoms with E-state index in [9.17, 15) is 4.39 Å². The second-order valence-corrected chi connectivity index (χ2v) is 2.90. The zero-order chi connectivity index (χ0) is 8.55. The van der Waals surface area contributed by atoms with E-state index in [-0.39, 0.29) is 6.10 Å². The van der Waals surface area contributed by atoms with E-state index in [1.54, 1.807) is 11.6 Å². The standard InChI is InChI=1S/C7H10FN3O/c1-11-4-9-10-7(11)6(8)5-2-3-12-5/h4-6H,2-3H2,1H3/t5-,6-/m0/s1. The maximum absolute atomic E-state index is 13.4. The number of hydrogen-bond donors (Lipinski definition) is 0. The monoisotopic (exact) mass is 171 g/mol. The van der Waals surface area contributed by atoms with Crippen molar-refractivity contribution in [3.05, 3.63) is 12.2 Å². The highest BCUT2D eigenvalue weighted by Gasteiger charge is 2.32. The van der Waals surface area contributed by atoms with Crippen molar-refractivity contribution in [1.29, 1.82) is 0 Å². The number of hydrogen-bond acceptors (Lipinski definition) is 3. The number of aromatic nitrogens is 3. The summed E-state index contributed by atoms with van der Waals surface area (Å²) in [5.74, 6) is 0.347. The molecule has 0 radical (unpaired) electrons. The minimum absolute atomic E-state index is 0.312. The van der Waals surface area contributed by atoms with Gasteiger partial charge in [0.1, 0.15) is 6.33 Å². The van der Waals surface area contributed by atoms with Crippen LogP contribution >= 0.6 is 0 Å². The number of aryl methyl sites for hydroxylation is 1. The molecule has 2 heterocycles. The molecule has 5 heteroatoms. The third-order valence-corrected chi connectivity index (χ3v) is 2.05. The molecule has 0 spiro atoms. The molecular weight excluding hydrogens is 161 g/mol. The van der Waals surface area contributed by atoms with Gasteiger partial charge in [0.05, 0.1) is 6.10 Å². The van der Waals surface area contributed by atoms with Crippen LogP contribution in [0.1, 0.15) is 18.4 Å². The molecule has 0 unspecified atom stereocenters. The van der Waals surface area contributed by atoms with Crippen LogP contribution < -0.4 is 0 Å². The van der Waals surface area contributed by atoms with Crippen LogP contribution in [0.3, 0.4) is 0 Å². The summed E-state index contributed by atoms with van der Waals surface area (Å²) in [4.78, 5) is 0. The van der Waals surface area contributed by atoms with Gasteiger partial charge >= 0.3 is 0 Å². The van der Waals surface area contributed by atoms with E-state index in [0.717, 1.165) is 6.42 Å². The minimum atomic E-state index is -1.13. The van der Waals surface area contributed by atoms with E-state index in [0.29, 0.717) is 12.4 Å². The number of nitrogens with zero attached hydrogens (tertiary/aromatic N) is 3. The molecular formula is C7H10FN3O. The summed E-state index contributed by atoms with van der Waals surface area (Å²) >= 11 is 0. The first-order valence-corrected chi connectivity index (χ1v) is 3.88. The molecule has 1 aliphatic rings. The topological polar surface area (TPSA) is 39.9 Å². The summed E-state index contributed by atoms with van der Waals surface area (Å²) in [6, 6.07) is 0. The van der Waals surface area contributed by atoms with Crippen molar-refractivity contribution in [2.24, 2.45) is 7.05 Å². The van der Waals surface area contributed by atoms with Gasteiger partial charge in [-0.05, 0) is 0 Å². The Kier molecular flexibility index (Phi) is 1.80. The molecule has 0 amide bonds. The van der Waals surface area contributed by atoms with Gasteiger partial charge in [-0.3, -0.25) is 0 Å². The van der Waals surface area contributed by atoms with Crippen LogP contribution in [0.15, 0.2) is 6.33 Å². The first-order valence-electron chi connectivity index (χ1n) is 3.88. The van der Waals surface area contributed by atoms with Crippen LogP contribution in [0.25, 0.3) is 0 Å². The molecule has 1 aliphatic heterocycles. The van der Waals surface area contributed by atoms with E-state index < -0.39 is 6.17 Å². The lowest BCUT2D eigenvalue weighted by molar-refractivity contribution is -0.0965.